The van der Waals surface area contributed by atoms with Gasteiger partial charge in [-0.1, -0.05) is 62.9 Å². The maximum atomic E-state index is 14.3. The number of hydrogen-bond acceptors (Lipinski definition) is 6. The molecule has 0 saturated heterocycles. The average Bonchev–Trinajstić information content (AvgIpc) is 2.91. The number of ether oxygens (including phenoxy) is 1. The van der Waals surface area contributed by atoms with Gasteiger partial charge in [0.25, 0.3) is 5.91 Å². The van der Waals surface area contributed by atoms with Crippen molar-refractivity contribution < 1.29 is 24.2 Å². The fourth-order valence-electron chi connectivity index (χ4n) is 4.44. The summed E-state index contributed by atoms with van der Waals surface area (Å²) in [5.41, 5.74) is 1.39. The molecule has 0 aromatic heterocycles. The van der Waals surface area contributed by atoms with Gasteiger partial charge in [0.2, 0.25) is 5.91 Å². The van der Waals surface area contributed by atoms with Crippen LogP contribution in [0.1, 0.15) is 83.4 Å². The second kappa shape index (κ2) is 16.9. The van der Waals surface area contributed by atoms with E-state index in [-0.39, 0.29) is 17.6 Å². The van der Waals surface area contributed by atoms with Gasteiger partial charge in [0.1, 0.15) is 23.4 Å². The van der Waals surface area contributed by atoms with Crippen molar-refractivity contribution in [2.45, 2.75) is 90.8 Å². The quantitative estimate of drug-likeness (QED) is 0.198. The second-order valence-corrected chi connectivity index (χ2v) is 12.2. The van der Waals surface area contributed by atoms with Gasteiger partial charge >= 0.3 is 6.09 Å². The topological polar surface area (TPSA) is 108 Å². The van der Waals surface area contributed by atoms with Crippen molar-refractivity contribution in [3.05, 3.63) is 59.7 Å². The third-order valence-corrected chi connectivity index (χ3v) is 7.20. The van der Waals surface area contributed by atoms with Crippen LogP contribution in [0.3, 0.4) is 0 Å². The molecule has 0 radical (unpaired) electrons. The molecular formula is C32H47N3O5S. The van der Waals surface area contributed by atoms with Crippen molar-refractivity contribution in [1.82, 2.24) is 10.2 Å². The molecule has 2 atom stereocenters. The van der Waals surface area contributed by atoms with Crippen LogP contribution < -0.4 is 10.6 Å². The van der Waals surface area contributed by atoms with E-state index in [1.54, 1.807) is 49.6 Å². The number of aromatic hydroxyl groups is 1. The first-order valence-corrected chi connectivity index (χ1v) is 15.8. The van der Waals surface area contributed by atoms with Gasteiger partial charge in [0, 0.05) is 12.2 Å². The Kier molecular flexibility index (Phi) is 14.0. The number of nitrogens with zero attached hydrogens (tertiary/aromatic N) is 1. The van der Waals surface area contributed by atoms with Gasteiger partial charge in [0.05, 0.1) is 0 Å². The van der Waals surface area contributed by atoms with E-state index in [4.69, 9.17) is 4.74 Å². The Morgan fingerprint density at radius 2 is 1.66 bits per heavy atom. The molecule has 2 aromatic carbocycles. The Bertz CT molecular complexity index is 1120. The highest BCUT2D eigenvalue weighted by Gasteiger charge is 2.36. The molecule has 0 saturated carbocycles. The summed E-state index contributed by atoms with van der Waals surface area (Å²) >= 11 is 1.57. The van der Waals surface area contributed by atoms with Crippen LogP contribution in [0.5, 0.6) is 5.75 Å². The molecule has 3 N–H and O–H groups in total. The lowest BCUT2D eigenvalue weighted by Crippen LogP contribution is -2.52. The SMILES string of the molecule is CCCCCCCN(C(=O)C(CCSC)NC(=O)OC(C)(C)C)C(C(=O)Nc1ccccc1C)c1ccc(O)cc1. The Morgan fingerprint density at radius 1 is 1.00 bits per heavy atom. The average molecular weight is 586 g/mol. The predicted octanol–water partition coefficient (Wildman–Crippen LogP) is 6.83. The standard InChI is InChI=1S/C32H47N3O5S/c1-7-8-9-10-13-21-35(30(38)27(20-22-41-6)34-31(39)40-32(3,4)5)28(24-16-18-25(36)19-17-24)29(37)33-26-15-12-11-14-23(26)2/h11-12,14-19,27-28,36H,7-10,13,20-22H2,1-6H3,(H,33,37)(H,34,39). The van der Waals surface area contributed by atoms with Crippen molar-refractivity contribution in [3.8, 4) is 5.75 Å². The van der Waals surface area contributed by atoms with E-state index < -0.39 is 23.8 Å². The van der Waals surface area contributed by atoms with Crippen molar-refractivity contribution in [3.63, 3.8) is 0 Å². The molecule has 0 fully saturated rings. The van der Waals surface area contributed by atoms with Crippen molar-refractivity contribution in [1.29, 1.82) is 0 Å². The molecule has 0 aliphatic rings. The molecule has 0 heterocycles. The minimum absolute atomic E-state index is 0.0636. The summed E-state index contributed by atoms with van der Waals surface area (Å²) in [6.07, 6.45) is 6.49. The van der Waals surface area contributed by atoms with Crippen LogP contribution in [0.15, 0.2) is 48.5 Å². The zero-order valence-electron chi connectivity index (χ0n) is 25.4. The molecule has 8 nitrogen and oxygen atoms in total. The molecule has 2 aromatic rings. The van der Waals surface area contributed by atoms with Gasteiger partial charge < -0.3 is 25.4 Å². The van der Waals surface area contributed by atoms with E-state index in [0.717, 1.165) is 31.2 Å². The summed E-state index contributed by atoms with van der Waals surface area (Å²) in [6, 6.07) is 12.0. The molecular weight excluding hydrogens is 538 g/mol. The highest BCUT2D eigenvalue weighted by atomic mass is 32.2. The summed E-state index contributed by atoms with van der Waals surface area (Å²) in [6.45, 7) is 9.69. The fraction of sp³-hybridized carbons (Fsp3) is 0.531. The van der Waals surface area contributed by atoms with E-state index in [9.17, 15) is 19.5 Å². The lowest BCUT2D eigenvalue weighted by atomic mass is 10.0. The summed E-state index contributed by atoms with van der Waals surface area (Å²) in [5.74, 6) is -0.0181. The fourth-order valence-corrected chi connectivity index (χ4v) is 4.91. The molecule has 2 unspecified atom stereocenters. The first kappa shape index (κ1) is 34.0. The molecule has 0 spiro atoms. The van der Waals surface area contributed by atoms with Gasteiger partial charge in [-0.2, -0.15) is 11.8 Å². The van der Waals surface area contributed by atoms with E-state index in [2.05, 4.69) is 17.6 Å². The van der Waals surface area contributed by atoms with Crippen molar-refractivity contribution in [2.24, 2.45) is 0 Å². The maximum Gasteiger partial charge on any atom is 0.408 e. The number of benzene rings is 2. The minimum atomic E-state index is -0.980. The van der Waals surface area contributed by atoms with Crippen molar-refractivity contribution in [2.75, 3.05) is 23.9 Å². The van der Waals surface area contributed by atoms with E-state index in [0.29, 0.717) is 36.4 Å². The zero-order chi connectivity index (χ0) is 30.4. The molecule has 0 aliphatic heterocycles. The molecule has 226 valence electrons. The van der Waals surface area contributed by atoms with E-state index in [1.165, 1.54) is 12.1 Å². The lowest BCUT2D eigenvalue weighted by molar-refractivity contribution is -0.141. The van der Waals surface area contributed by atoms with Crippen LogP contribution in [0.25, 0.3) is 0 Å². The Balaban J connectivity index is 2.51. The Hall–Kier alpha value is -3.20. The number of unbranched alkanes of at least 4 members (excludes halogenated alkanes) is 4. The number of carbonyl (C=O) groups is 3. The van der Waals surface area contributed by atoms with Gasteiger partial charge in [-0.25, -0.2) is 4.79 Å². The third-order valence-electron chi connectivity index (χ3n) is 6.56. The number of nitrogens with one attached hydrogen (secondary N) is 2. The highest BCUT2D eigenvalue weighted by molar-refractivity contribution is 7.98. The maximum absolute atomic E-state index is 14.3. The number of amides is 3. The number of phenols is 1. The summed E-state index contributed by atoms with van der Waals surface area (Å²) < 4.78 is 5.47. The molecule has 3 amide bonds. The van der Waals surface area contributed by atoms with Crippen LogP contribution in [0.4, 0.5) is 10.5 Å². The number of phenolic OH excluding ortho intramolecular Hbond substituents is 1. The van der Waals surface area contributed by atoms with Gasteiger partial charge in [-0.05, 0) is 81.9 Å². The van der Waals surface area contributed by atoms with Crippen LogP contribution in [0.2, 0.25) is 0 Å². The first-order chi connectivity index (χ1) is 19.5. The van der Waals surface area contributed by atoms with Crippen LogP contribution in [-0.2, 0) is 14.3 Å². The molecule has 41 heavy (non-hydrogen) atoms. The number of rotatable bonds is 15. The molecule has 2 rings (SSSR count). The van der Waals surface area contributed by atoms with Gasteiger partial charge in [-0.15, -0.1) is 0 Å². The summed E-state index contributed by atoms with van der Waals surface area (Å²) in [7, 11) is 0. The largest absolute Gasteiger partial charge is 0.508 e. The smallest absolute Gasteiger partial charge is 0.408 e. The molecule has 0 bridgehead atoms. The molecule has 0 aliphatic carbocycles. The predicted molar refractivity (Wildman–Crippen MR) is 167 cm³/mol. The monoisotopic (exact) mass is 585 g/mol. The first-order valence-electron chi connectivity index (χ1n) is 14.4. The molecule has 9 heteroatoms. The highest BCUT2D eigenvalue weighted by Crippen LogP contribution is 2.28. The van der Waals surface area contributed by atoms with Crippen molar-refractivity contribution >= 4 is 35.4 Å². The second-order valence-electron chi connectivity index (χ2n) is 11.2. The van der Waals surface area contributed by atoms with Crippen LogP contribution >= 0.6 is 11.8 Å². The van der Waals surface area contributed by atoms with Crippen LogP contribution in [-0.4, -0.2) is 58.1 Å². The number of para-hydroxylation sites is 1. The lowest BCUT2D eigenvalue weighted by Gasteiger charge is -2.34. The number of hydrogen-bond donors (Lipinski definition) is 3. The summed E-state index contributed by atoms with van der Waals surface area (Å²) in [4.78, 5) is 42.6. The normalized spacial score (nSPS) is 12.7. The number of carbonyl (C=O) groups excluding carboxylic acids is 3. The number of alkyl carbamates (subject to hydrolysis) is 1. The number of aryl methyl sites for hydroxylation is 1. The minimum Gasteiger partial charge on any atom is -0.508 e. The number of anilines is 1. The Labute approximate surface area is 249 Å². The zero-order valence-corrected chi connectivity index (χ0v) is 26.2. The number of thioether (sulfide) groups is 1. The van der Waals surface area contributed by atoms with Gasteiger partial charge in [0.15, 0.2) is 0 Å². The van der Waals surface area contributed by atoms with E-state index in [1.807, 2.05) is 37.4 Å². The van der Waals surface area contributed by atoms with E-state index >= 15 is 0 Å². The Morgan fingerprint density at radius 3 is 2.27 bits per heavy atom. The summed E-state index contributed by atoms with van der Waals surface area (Å²) in [5, 5.41) is 15.7. The van der Waals surface area contributed by atoms with Crippen LogP contribution in [0, 0.1) is 6.92 Å². The third kappa shape index (κ3) is 11.7. The van der Waals surface area contributed by atoms with Gasteiger partial charge in [-0.3, -0.25) is 9.59 Å².